The molecule has 0 aliphatic carbocycles. The van der Waals surface area contributed by atoms with Crippen LogP contribution in [0.25, 0.3) is 0 Å². The van der Waals surface area contributed by atoms with Gasteiger partial charge in [0.15, 0.2) is 0 Å². The second-order valence-electron chi connectivity index (χ2n) is 2.82. The van der Waals surface area contributed by atoms with E-state index in [0.29, 0.717) is 0 Å². The normalized spacial score (nSPS) is 9.58. The molecular formula is C9H15N3. The zero-order valence-electron chi connectivity index (χ0n) is 7.76. The number of rotatable bonds is 3. The average Bonchev–Trinajstić information content (AvgIpc) is 2.06. The third-order valence-corrected chi connectivity index (χ3v) is 1.65. The van der Waals surface area contributed by atoms with Crippen LogP contribution < -0.4 is 15.8 Å². The van der Waals surface area contributed by atoms with E-state index in [1.165, 1.54) is 5.69 Å². The highest BCUT2D eigenvalue weighted by atomic mass is 15.3. The number of benzene rings is 1. The van der Waals surface area contributed by atoms with Gasteiger partial charge in [0.2, 0.25) is 0 Å². The first-order chi connectivity index (χ1) is 5.74. The second-order valence-corrected chi connectivity index (χ2v) is 2.82. The van der Waals surface area contributed by atoms with E-state index in [1.807, 2.05) is 33.3 Å². The molecule has 66 valence electrons. The Labute approximate surface area is 73.4 Å². The molecule has 0 saturated heterocycles. The van der Waals surface area contributed by atoms with Crippen LogP contribution in [-0.2, 0) is 0 Å². The molecule has 0 spiro atoms. The fourth-order valence-corrected chi connectivity index (χ4v) is 0.987. The molecule has 0 unspecified atom stereocenters. The minimum Gasteiger partial charge on any atom is -0.378 e. The number of hydrazine groups is 1. The largest absolute Gasteiger partial charge is 0.378 e. The van der Waals surface area contributed by atoms with Gasteiger partial charge < -0.3 is 10.3 Å². The summed E-state index contributed by atoms with van der Waals surface area (Å²) in [5, 5.41) is 0. The van der Waals surface area contributed by atoms with Gasteiger partial charge >= 0.3 is 0 Å². The molecule has 0 radical (unpaired) electrons. The van der Waals surface area contributed by atoms with Gasteiger partial charge in [-0.25, -0.2) is 5.43 Å². The molecule has 3 heteroatoms. The summed E-state index contributed by atoms with van der Waals surface area (Å²) < 4.78 is 0. The monoisotopic (exact) mass is 165 g/mol. The molecule has 1 rings (SSSR count). The molecule has 2 N–H and O–H groups in total. The van der Waals surface area contributed by atoms with E-state index in [0.717, 1.165) is 5.69 Å². The molecule has 1 aromatic carbocycles. The van der Waals surface area contributed by atoms with Crippen LogP contribution in [0.1, 0.15) is 0 Å². The summed E-state index contributed by atoms with van der Waals surface area (Å²) in [5.41, 5.74) is 8.15. The predicted octanol–water partition coefficient (Wildman–Crippen LogP) is 1.30. The molecule has 0 bridgehead atoms. The van der Waals surface area contributed by atoms with Crippen molar-refractivity contribution < 1.29 is 0 Å². The molecule has 3 nitrogen and oxygen atoms in total. The number of nitrogens with one attached hydrogen (secondary N) is 2. The Kier molecular flexibility index (Phi) is 2.94. The van der Waals surface area contributed by atoms with Gasteiger partial charge in [0, 0.05) is 32.5 Å². The van der Waals surface area contributed by atoms with Gasteiger partial charge in [-0.15, -0.1) is 0 Å². The Bertz CT molecular complexity index is 228. The molecule has 0 aliphatic heterocycles. The maximum Gasteiger partial charge on any atom is 0.0488 e. The molecule has 0 atom stereocenters. The van der Waals surface area contributed by atoms with E-state index < -0.39 is 0 Å². The van der Waals surface area contributed by atoms with Crippen molar-refractivity contribution in [1.29, 1.82) is 0 Å². The first-order valence-corrected chi connectivity index (χ1v) is 3.94. The molecular weight excluding hydrogens is 150 g/mol. The van der Waals surface area contributed by atoms with Crippen LogP contribution in [0.5, 0.6) is 0 Å². The van der Waals surface area contributed by atoms with E-state index in [4.69, 9.17) is 0 Å². The van der Waals surface area contributed by atoms with Crippen LogP contribution >= 0.6 is 0 Å². The fourth-order valence-electron chi connectivity index (χ4n) is 0.987. The molecule has 12 heavy (non-hydrogen) atoms. The Morgan fingerprint density at radius 1 is 1.08 bits per heavy atom. The van der Waals surface area contributed by atoms with E-state index in [-0.39, 0.29) is 0 Å². The highest BCUT2D eigenvalue weighted by Crippen LogP contribution is 2.14. The molecule has 0 saturated carbocycles. The van der Waals surface area contributed by atoms with E-state index in [2.05, 4.69) is 27.9 Å². The molecule has 0 fully saturated rings. The van der Waals surface area contributed by atoms with Crippen molar-refractivity contribution in [3.8, 4) is 0 Å². The van der Waals surface area contributed by atoms with Crippen molar-refractivity contribution in [3.63, 3.8) is 0 Å². The van der Waals surface area contributed by atoms with Gasteiger partial charge in [0.1, 0.15) is 0 Å². The summed E-state index contributed by atoms with van der Waals surface area (Å²) in [6.07, 6.45) is 0. The number of nitrogens with zero attached hydrogens (tertiary/aromatic N) is 1. The van der Waals surface area contributed by atoms with Gasteiger partial charge in [-0.2, -0.15) is 0 Å². The molecule has 0 heterocycles. The molecule has 0 aliphatic rings. The van der Waals surface area contributed by atoms with Crippen molar-refractivity contribution in [1.82, 2.24) is 5.43 Å². The summed E-state index contributed by atoms with van der Waals surface area (Å²) in [4.78, 5) is 2.07. The van der Waals surface area contributed by atoms with E-state index in [9.17, 15) is 0 Å². The second kappa shape index (κ2) is 3.97. The van der Waals surface area contributed by atoms with Crippen LogP contribution in [-0.4, -0.2) is 21.1 Å². The Balaban J connectivity index is 2.71. The first kappa shape index (κ1) is 8.87. The van der Waals surface area contributed by atoms with Gasteiger partial charge in [-0.05, 0) is 24.3 Å². The lowest BCUT2D eigenvalue weighted by molar-refractivity contribution is 0.984. The average molecular weight is 165 g/mol. The predicted molar refractivity (Wildman–Crippen MR) is 53.5 cm³/mol. The van der Waals surface area contributed by atoms with Crippen LogP contribution in [0.15, 0.2) is 24.3 Å². The first-order valence-electron chi connectivity index (χ1n) is 3.94. The maximum atomic E-state index is 3.01. The van der Waals surface area contributed by atoms with Crippen LogP contribution in [0, 0.1) is 0 Å². The SMILES string of the molecule is CNNc1ccc(N(C)C)cc1. The zero-order valence-corrected chi connectivity index (χ0v) is 7.76. The third kappa shape index (κ3) is 2.13. The standard InChI is InChI=1S/C9H15N3/c1-10-11-8-4-6-9(7-5-8)12(2)3/h4-7,10-11H,1-3H3. The molecule has 1 aromatic rings. The zero-order chi connectivity index (χ0) is 8.97. The van der Waals surface area contributed by atoms with Crippen LogP contribution in [0.4, 0.5) is 11.4 Å². The Morgan fingerprint density at radius 2 is 1.67 bits per heavy atom. The van der Waals surface area contributed by atoms with Gasteiger partial charge in [-0.3, -0.25) is 0 Å². The van der Waals surface area contributed by atoms with Gasteiger partial charge in [0.25, 0.3) is 0 Å². The minimum absolute atomic E-state index is 1.07. The van der Waals surface area contributed by atoms with Crippen LogP contribution in [0.2, 0.25) is 0 Å². The summed E-state index contributed by atoms with van der Waals surface area (Å²) in [6, 6.07) is 8.21. The van der Waals surface area contributed by atoms with Crippen LogP contribution in [0.3, 0.4) is 0 Å². The highest BCUT2D eigenvalue weighted by molar-refractivity contribution is 5.53. The van der Waals surface area contributed by atoms with Crippen molar-refractivity contribution >= 4 is 11.4 Å². The van der Waals surface area contributed by atoms with E-state index in [1.54, 1.807) is 0 Å². The van der Waals surface area contributed by atoms with E-state index >= 15 is 0 Å². The summed E-state index contributed by atoms with van der Waals surface area (Å²) >= 11 is 0. The lowest BCUT2D eigenvalue weighted by atomic mass is 10.3. The molecule has 0 amide bonds. The smallest absolute Gasteiger partial charge is 0.0488 e. The quantitative estimate of drug-likeness (QED) is 0.661. The van der Waals surface area contributed by atoms with Gasteiger partial charge in [0.05, 0.1) is 0 Å². The minimum atomic E-state index is 1.07. The maximum absolute atomic E-state index is 3.01. The highest BCUT2D eigenvalue weighted by Gasteiger charge is 1.93. The number of anilines is 2. The topological polar surface area (TPSA) is 27.3 Å². The van der Waals surface area contributed by atoms with Crippen molar-refractivity contribution in [2.75, 3.05) is 31.5 Å². The lowest BCUT2D eigenvalue weighted by Crippen LogP contribution is -2.15. The summed E-state index contributed by atoms with van der Waals surface area (Å²) in [7, 11) is 5.90. The Hall–Kier alpha value is -1.22. The summed E-state index contributed by atoms with van der Waals surface area (Å²) in [5.74, 6) is 0. The van der Waals surface area contributed by atoms with Crippen molar-refractivity contribution in [2.24, 2.45) is 0 Å². The third-order valence-electron chi connectivity index (χ3n) is 1.65. The number of hydrogen-bond donors (Lipinski definition) is 2. The summed E-state index contributed by atoms with van der Waals surface area (Å²) in [6.45, 7) is 0. The van der Waals surface area contributed by atoms with Gasteiger partial charge in [-0.1, -0.05) is 0 Å². The van der Waals surface area contributed by atoms with Crippen molar-refractivity contribution in [2.45, 2.75) is 0 Å². The Morgan fingerprint density at radius 3 is 2.08 bits per heavy atom. The molecule has 0 aromatic heterocycles. The fraction of sp³-hybridized carbons (Fsp3) is 0.333. The number of hydrogen-bond acceptors (Lipinski definition) is 3. The van der Waals surface area contributed by atoms with Crippen molar-refractivity contribution in [3.05, 3.63) is 24.3 Å². The lowest BCUT2D eigenvalue weighted by Gasteiger charge is -2.12.